The predicted molar refractivity (Wildman–Crippen MR) is 60.1 cm³/mol. The average Bonchev–Trinajstić information content (AvgIpc) is 2.14. The normalized spacial score (nSPS) is 11.3. The highest BCUT2D eigenvalue weighted by Gasteiger charge is 2.11. The fraction of sp³-hybridized carbons (Fsp3) is 0.800. The van der Waals surface area contributed by atoms with Gasteiger partial charge in [-0.05, 0) is 19.8 Å². The van der Waals surface area contributed by atoms with E-state index in [0.29, 0.717) is 19.3 Å². The summed E-state index contributed by atoms with van der Waals surface area (Å²) in [7, 11) is -3.15. The van der Waals surface area contributed by atoms with E-state index in [1.54, 1.807) is 0 Å². The van der Waals surface area contributed by atoms with Gasteiger partial charge in [0.05, 0.1) is 11.5 Å². The Labute approximate surface area is 95.8 Å². The van der Waals surface area contributed by atoms with Crippen molar-refractivity contribution in [2.75, 3.05) is 11.5 Å². The summed E-state index contributed by atoms with van der Waals surface area (Å²) in [5, 5.41) is 8.36. The molecule has 0 heterocycles. The largest absolute Gasteiger partial charge is 0.481 e. The summed E-state index contributed by atoms with van der Waals surface area (Å²) in [6.45, 7) is 1.36. The summed E-state index contributed by atoms with van der Waals surface area (Å²) in [4.78, 5) is 20.8. The van der Waals surface area contributed by atoms with Crippen LogP contribution in [0, 0.1) is 0 Å². The van der Waals surface area contributed by atoms with Gasteiger partial charge < -0.3 is 5.11 Å². The lowest BCUT2D eigenvalue weighted by atomic mass is 10.2. The minimum Gasteiger partial charge on any atom is -0.481 e. The lowest BCUT2D eigenvalue weighted by molar-refractivity contribution is -0.137. The molecule has 0 unspecified atom stereocenters. The number of ketones is 1. The van der Waals surface area contributed by atoms with Gasteiger partial charge in [-0.25, -0.2) is 8.42 Å². The Bertz CT molecular complexity index is 331. The molecule has 16 heavy (non-hydrogen) atoms. The topological polar surface area (TPSA) is 88.5 Å². The smallest absolute Gasteiger partial charge is 0.303 e. The standard InChI is InChI=1S/C10H18O5S/c1-9(11)6-8-16(14,15)7-4-2-3-5-10(12)13/h2-8H2,1H3,(H,12,13). The van der Waals surface area contributed by atoms with E-state index in [-0.39, 0.29) is 30.1 Å². The van der Waals surface area contributed by atoms with E-state index in [9.17, 15) is 18.0 Å². The van der Waals surface area contributed by atoms with Crippen LogP contribution in [0.5, 0.6) is 0 Å². The fourth-order valence-electron chi connectivity index (χ4n) is 1.18. The summed E-state index contributed by atoms with van der Waals surface area (Å²) in [6, 6.07) is 0. The van der Waals surface area contributed by atoms with Crippen LogP contribution in [0.15, 0.2) is 0 Å². The zero-order valence-electron chi connectivity index (χ0n) is 9.44. The van der Waals surface area contributed by atoms with Crippen LogP contribution in [0.3, 0.4) is 0 Å². The first-order chi connectivity index (χ1) is 7.33. The quantitative estimate of drug-likeness (QED) is 0.617. The van der Waals surface area contributed by atoms with Crippen molar-refractivity contribution in [3.05, 3.63) is 0 Å². The molecule has 94 valence electrons. The van der Waals surface area contributed by atoms with Gasteiger partial charge >= 0.3 is 5.97 Å². The molecule has 0 aliphatic heterocycles. The number of hydrogen-bond acceptors (Lipinski definition) is 4. The molecule has 0 spiro atoms. The molecule has 0 fully saturated rings. The van der Waals surface area contributed by atoms with Crippen LogP contribution in [-0.4, -0.2) is 36.8 Å². The molecule has 0 aliphatic carbocycles. The first kappa shape index (κ1) is 15.1. The monoisotopic (exact) mass is 250 g/mol. The molecule has 5 nitrogen and oxygen atoms in total. The molecule has 0 saturated heterocycles. The van der Waals surface area contributed by atoms with Gasteiger partial charge in [0.2, 0.25) is 0 Å². The van der Waals surface area contributed by atoms with Gasteiger partial charge in [0.25, 0.3) is 0 Å². The van der Waals surface area contributed by atoms with Gasteiger partial charge in [-0.1, -0.05) is 6.42 Å². The Balaban J connectivity index is 3.66. The van der Waals surface area contributed by atoms with E-state index in [1.165, 1.54) is 6.92 Å². The molecule has 0 aromatic carbocycles. The third-order valence-corrected chi connectivity index (χ3v) is 3.85. The highest BCUT2D eigenvalue weighted by atomic mass is 32.2. The van der Waals surface area contributed by atoms with Crippen molar-refractivity contribution in [1.29, 1.82) is 0 Å². The van der Waals surface area contributed by atoms with Crippen LogP contribution in [0.25, 0.3) is 0 Å². The van der Waals surface area contributed by atoms with Crippen LogP contribution in [0.2, 0.25) is 0 Å². The highest BCUT2D eigenvalue weighted by molar-refractivity contribution is 7.91. The molecule has 0 rings (SSSR count). The third kappa shape index (κ3) is 9.64. The maximum Gasteiger partial charge on any atom is 0.303 e. The van der Waals surface area contributed by atoms with Gasteiger partial charge in [0.15, 0.2) is 9.84 Å². The number of carbonyl (C=O) groups excluding carboxylic acids is 1. The number of Topliss-reactive ketones (excluding diaryl/α,β-unsaturated/α-hetero) is 1. The number of rotatable bonds is 9. The van der Waals surface area contributed by atoms with Crippen LogP contribution < -0.4 is 0 Å². The minimum atomic E-state index is -3.15. The van der Waals surface area contributed by atoms with Crippen molar-refractivity contribution >= 4 is 21.6 Å². The third-order valence-electron chi connectivity index (χ3n) is 2.11. The first-order valence-corrected chi connectivity index (χ1v) is 7.07. The summed E-state index contributed by atoms with van der Waals surface area (Å²) in [5.74, 6) is -1.05. The summed E-state index contributed by atoms with van der Waals surface area (Å²) < 4.78 is 22.7. The molecule has 0 aliphatic rings. The maximum atomic E-state index is 11.4. The zero-order chi connectivity index (χ0) is 12.6. The minimum absolute atomic E-state index is 0.0416. The van der Waals surface area contributed by atoms with E-state index in [2.05, 4.69) is 0 Å². The Hall–Kier alpha value is -0.910. The average molecular weight is 250 g/mol. The second-order valence-electron chi connectivity index (χ2n) is 3.81. The van der Waals surface area contributed by atoms with Gasteiger partial charge in [-0.2, -0.15) is 0 Å². The van der Waals surface area contributed by atoms with Crippen LogP contribution in [0.1, 0.15) is 39.0 Å². The SMILES string of the molecule is CC(=O)CCS(=O)(=O)CCCCCC(=O)O. The Morgan fingerprint density at radius 1 is 1.00 bits per heavy atom. The van der Waals surface area contributed by atoms with Crippen molar-refractivity contribution in [2.45, 2.75) is 39.0 Å². The molecule has 0 bridgehead atoms. The Morgan fingerprint density at radius 3 is 2.12 bits per heavy atom. The molecule has 0 saturated carbocycles. The summed E-state index contributed by atoms with van der Waals surface area (Å²) >= 11 is 0. The number of unbranched alkanes of at least 4 members (excludes halogenated alkanes) is 2. The highest BCUT2D eigenvalue weighted by Crippen LogP contribution is 2.04. The van der Waals surface area contributed by atoms with Crippen molar-refractivity contribution in [2.24, 2.45) is 0 Å². The van der Waals surface area contributed by atoms with Gasteiger partial charge in [0.1, 0.15) is 5.78 Å². The number of sulfone groups is 1. The first-order valence-electron chi connectivity index (χ1n) is 5.25. The van der Waals surface area contributed by atoms with Crippen LogP contribution >= 0.6 is 0 Å². The number of aliphatic carboxylic acids is 1. The second-order valence-corrected chi connectivity index (χ2v) is 6.11. The molecule has 0 amide bonds. The van der Waals surface area contributed by atoms with Crippen molar-refractivity contribution in [3.8, 4) is 0 Å². The predicted octanol–water partition coefficient (Wildman–Crippen LogP) is 1.03. The lowest BCUT2D eigenvalue weighted by Gasteiger charge is -2.02. The van der Waals surface area contributed by atoms with Gasteiger partial charge in [-0.3, -0.25) is 9.59 Å². The van der Waals surface area contributed by atoms with E-state index in [1.807, 2.05) is 0 Å². The van der Waals surface area contributed by atoms with Crippen molar-refractivity contribution in [1.82, 2.24) is 0 Å². The molecular formula is C10H18O5S. The van der Waals surface area contributed by atoms with E-state index >= 15 is 0 Å². The second kappa shape index (κ2) is 7.38. The number of carbonyl (C=O) groups is 2. The number of carboxylic acid groups (broad SMARTS) is 1. The number of hydrogen-bond donors (Lipinski definition) is 1. The Morgan fingerprint density at radius 2 is 1.62 bits per heavy atom. The molecule has 0 aromatic heterocycles. The molecule has 1 N–H and O–H groups in total. The fourth-order valence-corrected chi connectivity index (χ4v) is 2.62. The summed E-state index contributed by atoms with van der Waals surface area (Å²) in [5.41, 5.74) is 0. The van der Waals surface area contributed by atoms with Crippen LogP contribution in [-0.2, 0) is 19.4 Å². The summed E-state index contributed by atoms with van der Waals surface area (Å²) in [6.07, 6.45) is 1.70. The zero-order valence-corrected chi connectivity index (χ0v) is 10.3. The molecule has 6 heteroatoms. The van der Waals surface area contributed by atoms with Crippen LogP contribution in [0.4, 0.5) is 0 Å². The van der Waals surface area contributed by atoms with Gasteiger partial charge in [0, 0.05) is 12.8 Å². The lowest BCUT2D eigenvalue weighted by Crippen LogP contribution is -2.13. The van der Waals surface area contributed by atoms with E-state index < -0.39 is 15.8 Å². The number of carboxylic acids is 1. The van der Waals surface area contributed by atoms with E-state index in [0.717, 1.165) is 0 Å². The van der Waals surface area contributed by atoms with E-state index in [4.69, 9.17) is 5.11 Å². The molecule has 0 radical (unpaired) electrons. The molecular weight excluding hydrogens is 232 g/mol. The van der Waals surface area contributed by atoms with Gasteiger partial charge in [-0.15, -0.1) is 0 Å². The van der Waals surface area contributed by atoms with Crippen molar-refractivity contribution in [3.63, 3.8) is 0 Å². The maximum absolute atomic E-state index is 11.4. The Kier molecular flexibility index (Phi) is 6.96. The molecule has 0 atom stereocenters. The molecule has 0 aromatic rings. The van der Waals surface area contributed by atoms with Crippen molar-refractivity contribution < 1.29 is 23.1 Å².